The third-order valence-electron chi connectivity index (χ3n) is 3.50. The van der Waals surface area contributed by atoms with E-state index in [0.29, 0.717) is 5.69 Å². The first-order valence-electron chi connectivity index (χ1n) is 6.65. The monoisotopic (exact) mass is 288 g/mol. The van der Waals surface area contributed by atoms with Crippen molar-refractivity contribution in [2.75, 3.05) is 6.54 Å². The molecule has 0 bridgehead atoms. The van der Waals surface area contributed by atoms with Gasteiger partial charge in [-0.05, 0) is 17.5 Å². The van der Waals surface area contributed by atoms with Crippen LogP contribution in [0.5, 0.6) is 0 Å². The van der Waals surface area contributed by atoms with Gasteiger partial charge in [-0.15, -0.1) is 11.3 Å². The summed E-state index contributed by atoms with van der Waals surface area (Å²) in [4.78, 5) is 17.4. The largest absolute Gasteiger partial charge is 0.481 e. The van der Waals surface area contributed by atoms with Crippen LogP contribution >= 0.6 is 11.3 Å². The summed E-state index contributed by atoms with van der Waals surface area (Å²) in [6.45, 7) is 2.79. The number of benzene rings is 1. The summed E-state index contributed by atoms with van der Waals surface area (Å²) >= 11 is 1.55. The van der Waals surface area contributed by atoms with Crippen LogP contribution in [-0.2, 0) is 30.7 Å². The van der Waals surface area contributed by atoms with Crippen molar-refractivity contribution in [2.45, 2.75) is 25.9 Å². The van der Waals surface area contributed by atoms with E-state index in [1.807, 2.05) is 5.38 Å². The minimum Gasteiger partial charge on any atom is -0.481 e. The van der Waals surface area contributed by atoms with E-state index in [-0.39, 0.29) is 6.42 Å². The molecular weight excluding hydrogens is 272 g/mol. The van der Waals surface area contributed by atoms with E-state index in [1.54, 1.807) is 11.3 Å². The molecule has 3 rings (SSSR count). The fourth-order valence-electron chi connectivity index (χ4n) is 2.54. The first kappa shape index (κ1) is 13.3. The van der Waals surface area contributed by atoms with Gasteiger partial charge < -0.3 is 5.11 Å². The Bertz CT molecular complexity index is 624. The maximum absolute atomic E-state index is 10.7. The van der Waals surface area contributed by atoms with Gasteiger partial charge in [-0.25, -0.2) is 4.98 Å². The van der Waals surface area contributed by atoms with Crippen molar-refractivity contribution in [2.24, 2.45) is 0 Å². The molecule has 0 atom stereocenters. The van der Waals surface area contributed by atoms with Crippen molar-refractivity contribution in [3.8, 4) is 0 Å². The van der Waals surface area contributed by atoms with Crippen LogP contribution in [0.2, 0.25) is 0 Å². The number of hydrogen-bond acceptors (Lipinski definition) is 4. The van der Waals surface area contributed by atoms with E-state index in [1.165, 1.54) is 11.1 Å². The molecular formula is C15H16N2O2S. The van der Waals surface area contributed by atoms with Crippen molar-refractivity contribution < 1.29 is 9.90 Å². The Labute approximate surface area is 121 Å². The zero-order valence-electron chi connectivity index (χ0n) is 11.1. The highest BCUT2D eigenvalue weighted by atomic mass is 32.1. The highest BCUT2D eigenvalue weighted by Crippen LogP contribution is 2.21. The lowest BCUT2D eigenvalue weighted by Crippen LogP contribution is -2.29. The number of fused-ring (bicyclic) bond motifs is 1. The second-order valence-electron chi connectivity index (χ2n) is 5.03. The molecule has 0 aliphatic carbocycles. The number of carboxylic acid groups (broad SMARTS) is 1. The van der Waals surface area contributed by atoms with Crippen LogP contribution in [0.3, 0.4) is 0 Å². The van der Waals surface area contributed by atoms with Gasteiger partial charge in [0.2, 0.25) is 0 Å². The summed E-state index contributed by atoms with van der Waals surface area (Å²) in [5.41, 5.74) is 3.49. The third kappa shape index (κ3) is 3.05. The van der Waals surface area contributed by atoms with Crippen LogP contribution in [0.15, 0.2) is 29.6 Å². The van der Waals surface area contributed by atoms with Crippen molar-refractivity contribution in [3.05, 3.63) is 51.5 Å². The highest BCUT2D eigenvalue weighted by molar-refractivity contribution is 7.09. The lowest BCUT2D eigenvalue weighted by atomic mass is 10.0. The lowest BCUT2D eigenvalue weighted by molar-refractivity contribution is -0.136. The van der Waals surface area contributed by atoms with Crippen LogP contribution in [0.25, 0.3) is 0 Å². The van der Waals surface area contributed by atoms with Gasteiger partial charge in [-0.3, -0.25) is 9.69 Å². The topological polar surface area (TPSA) is 53.4 Å². The van der Waals surface area contributed by atoms with Gasteiger partial charge in [0, 0.05) is 18.5 Å². The fourth-order valence-corrected chi connectivity index (χ4v) is 3.37. The van der Waals surface area contributed by atoms with E-state index in [0.717, 1.165) is 31.1 Å². The Morgan fingerprint density at radius 1 is 1.35 bits per heavy atom. The number of carboxylic acids is 1. The molecule has 4 nitrogen and oxygen atoms in total. The van der Waals surface area contributed by atoms with Crippen LogP contribution < -0.4 is 0 Å². The van der Waals surface area contributed by atoms with Crippen molar-refractivity contribution >= 4 is 17.3 Å². The average Bonchev–Trinajstić information content (AvgIpc) is 2.85. The van der Waals surface area contributed by atoms with Crippen LogP contribution in [0.4, 0.5) is 0 Å². The van der Waals surface area contributed by atoms with Crippen LogP contribution in [-0.4, -0.2) is 27.5 Å². The SMILES string of the molecule is O=C(O)Cc1csc(CN2CCc3ccccc3C2)n1. The number of aromatic nitrogens is 1. The van der Waals surface area contributed by atoms with Crippen LogP contribution in [0.1, 0.15) is 21.8 Å². The summed E-state index contributed by atoms with van der Waals surface area (Å²) in [7, 11) is 0. The molecule has 1 aliphatic rings. The molecule has 1 N–H and O–H groups in total. The predicted molar refractivity (Wildman–Crippen MR) is 77.7 cm³/mol. The number of aliphatic carboxylic acids is 1. The molecule has 0 fully saturated rings. The molecule has 0 spiro atoms. The van der Waals surface area contributed by atoms with E-state index in [9.17, 15) is 4.79 Å². The van der Waals surface area contributed by atoms with Crippen molar-refractivity contribution in [1.29, 1.82) is 0 Å². The van der Waals surface area contributed by atoms with Gasteiger partial charge in [-0.1, -0.05) is 24.3 Å². The maximum Gasteiger partial charge on any atom is 0.309 e. The molecule has 0 saturated heterocycles. The zero-order chi connectivity index (χ0) is 13.9. The third-order valence-corrected chi connectivity index (χ3v) is 4.38. The molecule has 0 saturated carbocycles. The standard InChI is InChI=1S/C15H16N2O2S/c18-15(19)7-13-10-20-14(16-13)9-17-6-5-11-3-1-2-4-12(11)8-17/h1-4,10H,5-9H2,(H,18,19). The lowest BCUT2D eigenvalue weighted by Gasteiger charge is -2.27. The van der Waals surface area contributed by atoms with E-state index < -0.39 is 5.97 Å². The summed E-state index contributed by atoms with van der Waals surface area (Å²) in [5.74, 6) is -0.825. The molecule has 1 aliphatic heterocycles. The number of thiazole rings is 1. The Kier molecular flexibility index (Phi) is 3.80. The molecule has 20 heavy (non-hydrogen) atoms. The molecule has 5 heteroatoms. The molecule has 0 unspecified atom stereocenters. The summed E-state index contributed by atoms with van der Waals surface area (Å²) in [5, 5.41) is 11.6. The smallest absolute Gasteiger partial charge is 0.309 e. The van der Waals surface area contributed by atoms with Gasteiger partial charge in [0.15, 0.2) is 0 Å². The summed E-state index contributed by atoms with van der Waals surface area (Å²) in [6.07, 6.45) is 1.09. The quantitative estimate of drug-likeness (QED) is 0.938. The number of hydrogen-bond donors (Lipinski definition) is 1. The normalized spacial score (nSPS) is 15.0. The highest BCUT2D eigenvalue weighted by Gasteiger charge is 2.17. The Morgan fingerprint density at radius 3 is 2.95 bits per heavy atom. The maximum atomic E-state index is 10.7. The van der Waals surface area contributed by atoms with Crippen molar-refractivity contribution in [1.82, 2.24) is 9.88 Å². The summed E-state index contributed by atoms with van der Waals surface area (Å²) < 4.78 is 0. The van der Waals surface area contributed by atoms with Gasteiger partial charge >= 0.3 is 5.97 Å². The molecule has 1 aromatic carbocycles. The second kappa shape index (κ2) is 5.73. The second-order valence-corrected chi connectivity index (χ2v) is 5.98. The zero-order valence-corrected chi connectivity index (χ0v) is 11.9. The van der Waals surface area contributed by atoms with Gasteiger partial charge in [0.1, 0.15) is 5.01 Å². The Balaban J connectivity index is 1.64. The molecule has 0 radical (unpaired) electrons. The number of nitrogens with zero attached hydrogens (tertiary/aromatic N) is 2. The Morgan fingerprint density at radius 2 is 2.15 bits per heavy atom. The van der Waals surface area contributed by atoms with Gasteiger partial charge in [-0.2, -0.15) is 0 Å². The van der Waals surface area contributed by atoms with E-state index in [2.05, 4.69) is 34.1 Å². The molecule has 2 aromatic rings. The first-order valence-corrected chi connectivity index (χ1v) is 7.53. The molecule has 2 heterocycles. The number of rotatable bonds is 4. The molecule has 0 amide bonds. The minimum absolute atomic E-state index is 0.0132. The summed E-state index contributed by atoms with van der Waals surface area (Å²) in [6, 6.07) is 8.55. The van der Waals surface area contributed by atoms with E-state index >= 15 is 0 Å². The van der Waals surface area contributed by atoms with Gasteiger partial charge in [0.05, 0.1) is 18.7 Å². The molecule has 1 aromatic heterocycles. The van der Waals surface area contributed by atoms with Crippen molar-refractivity contribution in [3.63, 3.8) is 0 Å². The first-order chi connectivity index (χ1) is 9.70. The Hall–Kier alpha value is -1.72. The van der Waals surface area contributed by atoms with Gasteiger partial charge in [0.25, 0.3) is 0 Å². The number of carbonyl (C=O) groups is 1. The van der Waals surface area contributed by atoms with E-state index in [4.69, 9.17) is 5.11 Å². The minimum atomic E-state index is -0.825. The fraction of sp³-hybridized carbons (Fsp3) is 0.333. The predicted octanol–water partition coefficient (Wildman–Crippen LogP) is 2.33. The molecule has 104 valence electrons. The average molecular weight is 288 g/mol. The van der Waals surface area contributed by atoms with Crippen LogP contribution in [0, 0.1) is 0 Å².